The smallest absolute Gasteiger partial charge is 0.243 e. The summed E-state index contributed by atoms with van der Waals surface area (Å²) in [7, 11) is 4.04. The summed E-state index contributed by atoms with van der Waals surface area (Å²) >= 11 is -1.26. The number of rotatable bonds is 11. The molecule has 0 aliphatic carbocycles. The molecule has 0 saturated carbocycles. The van der Waals surface area contributed by atoms with Crippen LogP contribution >= 0.6 is 0 Å². The fourth-order valence-corrected chi connectivity index (χ4v) is 5.82. The topological polar surface area (TPSA) is 93.9 Å². The van der Waals surface area contributed by atoms with Crippen molar-refractivity contribution in [3.8, 4) is 11.1 Å². The van der Waals surface area contributed by atoms with E-state index in [1.807, 2.05) is 22.2 Å². The molecule has 0 spiro atoms. The zero-order chi connectivity index (χ0) is 25.5. The van der Waals surface area contributed by atoms with E-state index < -0.39 is 11.2 Å². The molecular weight excluding hydrogens is 476 g/mol. The zero-order valence-electron chi connectivity index (χ0n) is 21.1. The molecule has 2 N–H and O–H groups in total. The van der Waals surface area contributed by atoms with Gasteiger partial charge in [0.25, 0.3) is 0 Å². The van der Waals surface area contributed by atoms with Gasteiger partial charge in [0.05, 0.1) is 17.4 Å². The molecule has 1 aromatic heterocycles. The van der Waals surface area contributed by atoms with E-state index in [0.717, 1.165) is 79.6 Å². The Balaban J connectivity index is 1.45. The molecule has 1 unspecified atom stereocenters. The second-order valence-electron chi connectivity index (χ2n) is 9.35. The maximum absolute atomic E-state index is 13.6. The first kappa shape index (κ1) is 26.3. The minimum atomic E-state index is -1.26. The van der Waals surface area contributed by atoms with Crippen LogP contribution in [0.4, 0.5) is 5.69 Å². The van der Waals surface area contributed by atoms with Gasteiger partial charge in [0, 0.05) is 51.6 Å². The van der Waals surface area contributed by atoms with Gasteiger partial charge in [0.15, 0.2) is 11.2 Å². The van der Waals surface area contributed by atoms with Crippen molar-refractivity contribution in [2.45, 2.75) is 32.1 Å². The number of carbonyl (C=O) groups excluding carboxylic acids is 1. The molecule has 3 aromatic rings. The Kier molecular flexibility index (Phi) is 9.08. The second kappa shape index (κ2) is 12.4. The van der Waals surface area contributed by atoms with Crippen molar-refractivity contribution in [3.63, 3.8) is 0 Å². The van der Waals surface area contributed by atoms with Crippen molar-refractivity contribution in [2.24, 2.45) is 7.05 Å². The monoisotopic (exact) mass is 512 g/mol. The molecule has 36 heavy (non-hydrogen) atoms. The highest BCUT2D eigenvalue weighted by Crippen LogP contribution is 2.28. The van der Waals surface area contributed by atoms with Gasteiger partial charge in [-0.3, -0.25) is 19.0 Å². The van der Waals surface area contributed by atoms with Crippen molar-refractivity contribution in [3.05, 3.63) is 48.7 Å². The number of unbranched alkanes of at least 4 members (excludes halogenated alkanes) is 3. The van der Waals surface area contributed by atoms with Gasteiger partial charge in [0.2, 0.25) is 5.91 Å². The Morgan fingerprint density at radius 1 is 1.00 bits per heavy atom. The highest BCUT2D eigenvalue weighted by Gasteiger charge is 2.24. The number of amides is 1. The van der Waals surface area contributed by atoms with Crippen molar-refractivity contribution in [1.29, 1.82) is 0 Å². The van der Waals surface area contributed by atoms with E-state index in [1.165, 1.54) is 0 Å². The highest BCUT2D eigenvalue weighted by molar-refractivity contribution is 7.84. The van der Waals surface area contributed by atoms with Gasteiger partial charge < -0.3 is 4.90 Å². The van der Waals surface area contributed by atoms with Gasteiger partial charge in [-0.1, -0.05) is 37.1 Å². The summed E-state index contributed by atoms with van der Waals surface area (Å²) in [5.74, 6) is -0.351. The number of hydroxylamine groups is 1. The standard InChI is InChI=1S/C26H36N6O3S/c1-29-15-17-31(18-16-29)36(35)32(14-6-4-3-5-7-26(33)28-34)24-12-10-21(11-13-24)22-8-9-23-20-27-30(2)25(23)19-22/h8-13,19-20,34H,3-7,14-18H2,1-2H3,(H,28,33). The Hall–Kier alpha value is -2.79. The molecule has 2 aromatic carbocycles. The number of benzene rings is 2. The fraction of sp³-hybridized carbons (Fsp3) is 0.462. The molecule has 1 aliphatic heterocycles. The van der Waals surface area contributed by atoms with Crippen LogP contribution < -0.4 is 9.79 Å². The number of aryl methyl sites for hydroxylation is 1. The van der Waals surface area contributed by atoms with Gasteiger partial charge in [-0.05, 0) is 49.2 Å². The summed E-state index contributed by atoms with van der Waals surface area (Å²) < 4.78 is 19.5. The summed E-state index contributed by atoms with van der Waals surface area (Å²) in [6.45, 7) is 4.03. The first-order valence-electron chi connectivity index (χ1n) is 12.5. The molecule has 1 atom stereocenters. The number of anilines is 1. The first-order valence-corrected chi connectivity index (χ1v) is 13.6. The number of hydrogen-bond donors (Lipinski definition) is 2. The van der Waals surface area contributed by atoms with Crippen LogP contribution in [0.5, 0.6) is 0 Å². The lowest BCUT2D eigenvalue weighted by Crippen LogP contribution is -2.49. The van der Waals surface area contributed by atoms with Gasteiger partial charge in [-0.25, -0.2) is 14.0 Å². The van der Waals surface area contributed by atoms with E-state index in [2.05, 4.69) is 63.8 Å². The molecule has 0 bridgehead atoms. The third-order valence-electron chi connectivity index (χ3n) is 6.75. The van der Waals surface area contributed by atoms with E-state index in [0.29, 0.717) is 13.0 Å². The molecule has 0 radical (unpaired) electrons. The van der Waals surface area contributed by atoms with Crippen LogP contribution in [0.1, 0.15) is 32.1 Å². The minimum Gasteiger partial charge on any atom is -0.304 e. The number of hydrogen-bond acceptors (Lipinski definition) is 5. The van der Waals surface area contributed by atoms with Crippen molar-refractivity contribution >= 4 is 33.7 Å². The molecule has 1 aliphatic rings. The van der Waals surface area contributed by atoms with Crippen LogP contribution in [-0.2, 0) is 23.0 Å². The lowest BCUT2D eigenvalue weighted by Gasteiger charge is -2.35. The normalized spacial score (nSPS) is 15.8. The van der Waals surface area contributed by atoms with Gasteiger partial charge in [-0.15, -0.1) is 0 Å². The quantitative estimate of drug-likeness (QED) is 0.234. The summed E-state index contributed by atoms with van der Waals surface area (Å²) in [5, 5.41) is 14.1. The van der Waals surface area contributed by atoms with Crippen LogP contribution in [0.2, 0.25) is 0 Å². The Morgan fingerprint density at radius 3 is 2.42 bits per heavy atom. The van der Waals surface area contributed by atoms with Crippen LogP contribution in [0.25, 0.3) is 22.0 Å². The average Bonchev–Trinajstić information content (AvgIpc) is 3.28. The van der Waals surface area contributed by atoms with Crippen LogP contribution in [0.3, 0.4) is 0 Å². The number of carbonyl (C=O) groups is 1. The molecule has 1 fully saturated rings. The van der Waals surface area contributed by atoms with Crippen molar-refractivity contribution < 1.29 is 14.2 Å². The Morgan fingerprint density at radius 2 is 1.69 bits per heavy atom. The SMILES string of the molecule is CN1CCN(S(=O)N(CCCCCCC(=O)NO)c2ccc(-c3ccc4cnn(C)c4c3)cc2)CC1. The van der Waals surface area contributed by atoms with E-state index in [9.17, 15) is 9.00 Å². The van der Waals surface area contributed by atoms with Gasteiger partial charge >= 0.3 is 0 Å². The number of fused-ring (bicyclic) bond motifs is 1. The summed E-state index contributed by atoms with van der Waals surface area (Å²) in [5.41, 5.74) is 5.93. The molecule has 2 heterocycles. The first-order chi connectivity index (χ1) is 17.5. The number of piperazine rings is 1. The van der Waals surface area contributed by atoms with Crippen molar-refractivity contribution in [1.82, 2.24) is 24.5 Å². The molecule has 10 heteroatoms. The summed E-state index contributed by atoms with van der Waals surface area (Å²) in [4.78, 5) is 13.5. The molecule has 9 nitrogen and oxygen atoms in total. The molecule has 194 valence electrons. The van der Waals surface area contributed by atoms with Crippen LogP contribution in [-0.4, -0.2) is 74.1 Å². The molecule has 4 rings (SSSR count). The fourth-order valence-electron chi connectivity index (χ4n) is 4.48. The highest BCUT2D eigenvalue weighted by atomic mass is 32.2. The van der Waals surface area contributed by atoms with E-state index in [-0.39, 0.29) is 5.91 Å². The predicted molar refractivity (Wildman–Crippen MR) is 144 cm³/mol. The summed E-state index contributed by atoms with van der Waals surface area (Å²) in [6, 6.07) is 14.6. The number of nitrogens with zero attached hydrogens (tertiary/aromatic N) is 5. The van der Waals surface area contributed by atoms with Gasteiger partial charge in [0.1, 0.15) is 0 Å². The molecule has 1 amide bonds. The van der Waals surface area contributed by atoms with E-state index in [1.54, 1.807) is 5.48 Å². The lowest BCUT2D eigenvalue weighted by atomic mass is 10.0. The molecular formula is C26H36N6O3S. The molecule has 1 saturated heterocycles. The maximum atomic E-state index is 13.6. The number of likely N-dealkylation sites (N-methyl/N-ethyl adjacent to an activating group) is 1. The largest absolute Gasteiger partial charge is 0.304 e. The Labute approximate surface area is 215 Å². The summed E-state index contributed by atoms with van der Waals surface area (Å²) in [6.07, 6.45) is 5.60. The van der Waals surface area contributed by atoms with E-state index >= 15 is 0 Å². The third kappa shape index (κ3) is 6.50. The van der Waals surface area contributed by atoms with Gasteiger partial charge in [-0.2, -0.15) is 5.10 Å². The zero-order valence-corrected chi connectivity index (χ0v) is 21.9. The van der Waals surface area contributed by atoms with Crippen LogP contribution in [0.15, 0.2) is 48.7 Å². The lowest BCUT2D eigenvalue weighted by molar-refractivity contribution is -0.129. The second-order valence-corrected chi connectivity index (χ2v) is 10.8. The maximum Gasteiger partial charge on any atom is 0.243 e. The number of aromatic nitrogens is 2. The Bertz CT molecular complexity index is 1170. The number of nitrogens with one attached hydrogen (secondary N) is 1. The third-order valence-corrected chi connectivity index (χ3v) is 8.33. The van der Waals surface area contributed by atoms with Crippen LogP contribution in [0, 0.1) is 0 Å². The van der Waals surface area contributed by atoms with E-state index in [4.69, 9.17) is 5.21 Å². The average molecular weight is 513 g/mol. The van der Waals surface area contributed by atoms with Crippen molar-refractivity contribution in [2.75, 3.05) is 44.1 Å². The predicted octanol–water partition coefficient (Wildman–Crippen LogP) is 3.33. The minimum absolute atomic E-state index is 0.319.